The first kappa shape index (κ1) is 11.1. The number of para-hydroxylation sites is 1. The van der Waals surface area contributed by atoms with Crippen molar-refractivity contribution in [3.8, 4) is 0 Å². The number of anilines is 1. The third-order valence-corrected chi connectivity index (χ3v) is 3.62. The number of fused-ring (bicyclic) bond motifs is 1. The molecule has 0 atom stereocenters. The van der Waals surface area contributed by atoms with Crippen LogP contribution in [0.15, 0.2) is 24.3 Å². The Kier molecular flexibility index (Phi) is 2.70. The first-order chi connectivity index (χ1) is 8.74. The van der Waals surface area contributed by atoms with Crippen molar-refractivity contribution >= 4 is 22.5 Å². The van der Waals surface area contributed by atoms with Crippen molar-refractivity contribution in [3.63, 3.8) is 0 Å². The molecule has 1 aliphatic rings. The van der Waals surface area contributed by atoms with Crippen LogP contribution in [0.2, 0.25) is 0 Å². The Morgan fingerprint density at radius 3 is 2.83 bits per heavy atom. The molecule has 1 aromatic heterocycles. The molecule has 94 valence electrons. The van der Waals surface area contributed by atoms with E-state index in [1.54, 1.807) is 0 Å². The minimum atomic E-state index is -0.0301. The summed E-state index contributed by atoms with van der Waals surface area (Å²) in [7, 11) is 0. The lowest BCUT2D eigenvalue weighted by atomic mass is 10.2. The summed E-state index contributed by atoms with van der Waals surface area (Å²) in [6, 6.07) is 7.87. The predicted molar refractivity (Wildman–Crippen MR) is 72.4 cm³/mol. The number of aromatic nitrogens is 1. The fourth-order valence-electron chi connectivity index (χ4n) is 2.64. The topological polar surface area (TPSA) is 70.9 Å². The smallest absolute Gasteiger partial charge is 0.267 e. The summed E-state index contributed by atoms with van der Waals surface area (Å²) in [6.45, 7) is 0. The summed E-state index contributed by atoms with van der Waals surface area (Å²) >= 11 is 0. The highest BCUT2D eigenvalue weighted by Gasteiger charge is 2.19. The summed E-state index contributed by atoms with van der Waals surface area (Å²) in [5.74, 6) is -0.0301. The van der Waals surface area contributed by atoms with Crippen LogP contribution < -0.4 is 11.1 Å². The maximum Gasteiger partial charge on any atom is 0.267 e. The van der Waals surface area contributed by atoms with Crippen molar-refractivity contribution in [2.45, 2.75) is 31.7 Å². The van der Waals surface area contributed by atoms with E-state index >= 15 is 0 Å². The van der Waals surface area contributed by atoms with Gasteiger partial charge in [0.05, 0.1) is 11.2 Å². The van der Waals surface area contributed by atoms with Gasteiger partial charge in [-0.25, -0.2) is 0 Å². The van der Waals surface area contributed by atoms with Gasteiger partial charge in [0.1, 0.15) is 5.69 Å². The van der Waals surface area contributed by atoms with Gasteiger partial charge in [0, 0.05) is 11.4 Å². The molecule has 0 unspecified atom stereocenters. The van der Waals surface area contributed by atoms with Crippen LogP contribution in [-0.4, -0.2) is 16.9 Å². The number of hydrogen-bond acceptors (Lipinski definition) is 2. The van der Waals surface area contributed by atoms with E-state index in [2.05, 4.69) is 10.3 Å². The number of rotatable bonds is 2. The molecule has 4 nitrogen and oxygen atoms in total. The standard InChI is InChI=1S/C14H17N3O/c15-11-7-3-4-9-8-12(17-13(9)11)14(18)16-10-5-1-2-6-10/h3-4,7-8,10,17H,1-2,5-6,15H2,(H,16,18). The monoisotopic (exact) mass is 243 g/mol. The molecule has 0 aliphatic heterocycles. The van der Waals surface area contributed by atoms with Gasteiger partial charge >= 0.3 is 0 Å². The van der Waals surface area contributed by atoms with Gasteiger partial charge in [-0.15, -0.1) is 0 Å². The Morgan fingerprint density at radius 2 is 2.11 bits per heavy atom. The molecule has 1 aliphatic carbocycles. The number of aromatic amines is 1. The maximum atomic E-state index is 12.1. The molecule has 4 heteroatoms. The van der Waals surface area contributed by atoms with E-state index in [-0.39, 0.29) is 5.91 Å². The van der Waals surface area contributed by atoms with Crippen molar-refractivity contribution in [1.82, 2.24) is 10.3 Å². The number of carbonyl (C=O) groups excluding carboxylic acids is 1. The first-order valence-electron chi connectivity index (χ1n) is 6.42. The number of nitrogens with two attached hydrogens (primary N) is 1. The predicted octanol–water partition coefficient (Wildman–Crippen LogP) is 2.42. The summed E-state index contributed by atoms with van der Waals surface area (Å²) in [4.78, 5) is 15.2. The highest BCUT2D eigenvalue weighted by atomic mass is 16.1. The fourth-order valence-corrected chi connectivity index (χ4v) is 2.64. The third-order valence-electron chi connectivity index (χ3n) is 3.62. The van der Waals surface area contributed by atoms with Crippen molar-refractivity contribution in [1.29, 1.82) is 0 Å². The quantitative estimate of drug-likeness (QED) is 0.709. The van der Waals surface area contributed by atoms with Crippen LogP contribution >= 0.6 is 0 Å². The average Bonchev–Trinajstić information content (AvgIpc) is 2.97. The van der Waals surface area contributed by atoms with Gasteiger partial charge in [0.25, 0.3) is 5.91 Å². The van der Waals surface area contributed by atoms with E-state index in [0.29, 0.717) is 17.4 Å². The largest absolute Gasteiger partial charge is 0.397 e. The molecular formula is C14H17N3O. The molecule has 1 amide bonds. The summed E-state index contributed by atoms with van der Waals surface area (Å²) in [5.41, 5.74) is 7.98. The van der Waals surface area contributed by atoms with Crippen LogP contribution in [0.5, 0.6) is 0 Å². The number of hydrogen-bond donors (Lipinski definition) is 3. The molecule has 4 N–H and O–H groups in total. The van der Waals surface area contributed by atoms with Gasteiger partial charge < -0.3 is 16.0 Å². The zero-order valence-corrected chi connectivity index (χ0v) is 10.2. The molecule has 1 heterocycles. The van der Waals surface area contributed by atoms with Gasteiger partial charge in [-0.2, -0.15) is 0 Å². The van der Waals surface area contributed by atoms with Crippen LogP contribution in [0, 0.1) is 0 Å². The van der Waals surface area contributed by atoms with Crippen LogP contribution in [0.4, 0.5) is 5.69 Å². The second kappa shape index (κ2) is 4.37. The number of H-pyrrole nitrogens is 1. The Bertz CT molecular complexity index is 582. The van der Waals surface area contributed by atoms with Crippen LogP contribution in [0.3, 0.4) is 0 Å². The molecule has 1 aromatic carbocycles. The lowest BCUT2D eigenvalue weighted by Gasteiger charge is -2.10. The fraction of sp³-hybridized carbons (Fsp3) is 0.357. The zero-order chi connectivity index (χ0) is 12.5. The lowest BCUT2D eigenvalue weighted by molar-refractivity contribution is 0.0933. The average molecular weight is 243 g/mol. The molecule has 0 radical (unpaired) electrons. The Labute approximate surface area is 106 Å². The SMILES string of the molecule is Nc1cccc2cc(C(=O)NC3CCCC3)[nH]c12. The highest BCUT2D eigenvalue weighted by Crippen LogP contribution is 2.22. The van der Waals surface area contributed by atoms with Crippen LogP contribution in [-0.2, 0) is 0 Å². The van der Waals surface area contributed by atoms with E-state index in [1.807, 2.05) is 24.3 Å². The normalized spacial score (nSPS) is 16.2. The molecule has 2 aromatic rings. The molecule has 3 rings (SSSR count). The van der Waals surface area contributed by atoms with E-state index in [1.165, 1.54) is 12.8 Å². The Morgan fingerprint density at radius 1 is 1.33 bits per heavy atom. The zero-order valence-electron chi connectivity index (χ0n) is 10.2. The molecule has 0 bridgehead atoms. The summed E-state index contributed by atoms with van der Waals surface area (Å²) < 4.78 is 0. The number of nitrogen functional groups attached to an aromatic ring is 1. The highest BCUT2D eigenvalue weighted by molar-refractivity contribution is 6.00. The van der Waals surface area contributed by atoms with Crippen molar-refractivity contribution < 1.29 is 4.79 Å². The van der Waals surface area contributed by atoms with Crippen molar-refractivity contribution in [3.05, 3.63) is 30.0 Å². The van der Waals surface area contributed by atoms with Gasteiger partial charge in [-0.3, -0.25) is 4.79 Å². The Balaban J connectivity index is 1.85. The molecule has 18 heavy (non-hydrogen) atoms. The number of benzene rings is 1. The van der Waals surface area contributed by atoms with Gasteiger partial charge in [0.15, 0.2) is 0 Å². The van der Waals surface area contributed by atoms with Crippen LogP contribution in [0.25, 0.3) is 10.9 Å². The molecular weight excluding hydrogens is 226 g/mol. The molecule has 0 spiro atoms. The molecule has 1 saturated carbocycles. The Hall–Kier alpha value is -1.97. The van der Waals surface area contributed by atoms with Gasteiger partial charge in [-0.05, 0) is 25.0 Å². The van der Waals surface area contributed by atoms with Crippen LogP contribution in [0.1, 0.15) is 36.2 Å². The van der Waals surface area contributed by atoms with Gasteiger partial charge in [-0.1, -0.05) is 25.0 Å². The number of amides is 1. The number of nitrogens with one attached hydrogen (secondary N) is 2. The van der Waals surface area contributed by atoms with E-state index in [9.17, 15) is 4.79 Å². The minimum Gasteiger partial charge on any atom is -0.397 e. The number of carbonyl (C=O) groups is 1. The summed E-state index contributed by atoms with van der Waals surface area (Å²) in [6.07, 6.45) is 4.61. The molecule has 0 saturated heterocycles. The maximum absolute atomic E-state index is 12.1. The first-order valence-corrected chi connectivity index (χ1v) is 6.42. The van der Waals surface area contributed by atoms with Gasteiger partial charge in [0.2, 0.25) is 0 Å². The van der Waals surface area contributed by atoms with E-state index in [0.717, 1.165) is 23.7 Å². The van der Waals surface area contributed by atoms with E-state index < -0.39 is 0 Å². The lowest BCUT2D eigenvalue weighted by Crippen LogP contribution is -2.32. The van der Waals surface area contributed by atoms with E-state index in [4.69, 9.17) is 5.73 Å². The summed E-state index contributed by atoms with van der Waals surface area (Å²) in [5, 5.41) is 4.04. The second-order valence-corrected chi connectivity index (χ2v) is 4.95. The minimum absolute atomic E-state index is 0.0301. The van der Waals surface area contributed by atoms with Crippen molar-refractivity contribution in [2.75, 3.05) is 5.73 Å². The molecule has 1 fully saturated rings. The second-order valence-electron chi connectivity index (χ2n) is 4.95. The third kappa shape index (κ3) is 1.94. The van der Waals surface area contributed by atoms with Crippen molar-refractivity contribution in [2.24, 2.45) is 0 Å².